The van der Waals surface area contributed by atoms with Gasteiger partial charge in [-0.25, -0.2) is 0 Å². The third kappa shape index (κ3) is 2.11. The Morgan fingerprint density at radius 1 is 1.38 bits per heavy atom. The molecular formula is C13H17NOS. The van der Waals surface area contributed by atoms with Crippen LogP contribution in [-0.4, -0.2) is 21.7 Å². The minimum atomic E-state index is -0.349. The molecule has 2 rings (SSSR count). The van der Waals surface area contributed by atoms with Crippen LogP contribution in [0.1, 0.15) is 18.1 Å². The maximum atomic E-state index is 10.1. The van der Waals surface area contributed by atoms with Gasteiger partial charge in [0.05, 0.1) is 6.10 Å². The van der Waals surface area contributed by atoms with Crippen LogP contribution in [0.5, 0.6) is 0 Å². The molecule has 2 nitrogen and oxygen atoms in total. The van der Waals surface area contributed by atoms with Gasteiger partial charge in [-0.3, -0.25) is 0 Å². The molecule has 0 bridgehead atoms. The van der Waals surface area contributed by atoms with Gasteiger partial charge in [-0.15, -0.1) is 0 Å². The number of para-hydroxylation sites is 1. The van der Waals surface area contributed by atoms with E-state index in [1.807, 2.05) is 25.4 Å². The molecule has 0 fully saturated rings. The fourth-order valence-electron chi connectivity index (χ4n) is 2.02. The number of hydrogen-bond donors (Lipinski definition) is 1. The van der Waals surface area contributed by atoms with Crippen LogP contribution in [-0.2, 0) is 7.05 Å². The monoisotopic (exact) mass is 235 g/mol. The molecule has 2 aromatic rings. The Bertz CT molecular complexity index is 478. The zero-order chi connectivity index (χ0) is 11.5. The second kappa shape index (κ2) is 4.93. The van der Waals surface area contributed by atoms with Gasteiger partial charge in [0.2, 0.25) is 0 Å². The number of aromatic nitrogens is 1. The normalized spacial score (nSPS) is 13.2. The minimum absolute atomic E-state index is 0.349. The summed E-state index contributed by atoms with van der Waals surface area (Å²) in [7, 11) is 2.02. The van der Waals surface area contributed by atoms with Crippen LogP contribution in [0.3, 0.4) is 0 Å². The van der Waals surface area contributed by atoms with Crippen molar-refractivity contribution in [1.82, 2.24) is 4.57 Å². The molecule has 1 atom stereocenters. The van der Waals surface area contributed by atoms with Crippen molar-refractivity contribution in [2.45, 2.75) is 12.5 Å². The Labute approximate surface area is 100 Å². The van der Waals surface area contributed by atoms with Gasteiger partial charge in [0.15, 0.2) is 0 Å². The number of aliphatic hydroxyl groups is 1. The highest BCUT2D eigenvalue weighted by Crippen LogP contribution is 2.28. The Hall–Kier alpha value is -0.930. The molecule has 0 aliphatic heterocycles. The summed E-state index contributed by atoms with van der Waals surface area (Å²) in [4.78, 5) is 0. The van der Waals surface area contributed by atoms with Gasteiger partial charge in [0.1, 0.15) is 0 Å². The molecule has 0 spiro atoms. The molecule has 16 heavy (non-hydrogen) atoms. The maximum absolute atomic E-state index is 10.1. The summed E-state index contributed by atoms with van der Waals surface area (Å²) < 4.78 is 2.08. The number of fused-ring (bicyclic) bond motifs is 1. The van der Waals surface area contributed by atoms with E-state index in [-0.39, 0.29) is 6.10 Å². The first kappa shape index (κ1) is 11.6. The zero-order valence-corrected chi connectivity index (χ0v) is 10.5. The predicted octanol–water partition coefficient (Wildman–Crippen LogP) is 2.96. The van der Waals surface area contributed by atoms with Gasteiger partial charge in [-0.05, 0) is 24.5 Å². The second-order valence-corrected chi connectivity index (χ2v) is 5.00. The Kier molecular flexibility index (Phi) is 3.56. The van der Waals surface area contributed by atoms with E-state index in [0.29, 0.717) is 0 Å². The summed E-state index contributed by atoms with van der Waals surface area (Å²) >= 11 is 1.77. The summed E-state index contributed by atoms with van der Waals surface area (Å²) in [5, 5.41) is 11.3. The molecule has 1 aromatic heterocycles. The lowest BCUT2D eigenvalue weighted by molar-refractivity contribution is 0.176. The standard InChI is InChI=1S/C13H17NOS/c1-14-9-11(13(15)7-8-16-2)10-5-3-4-6-12(10)14/h3-6,9,13,15H,7-8H2,1-2H3. The average molecular weight is 235 g/mol. The molecule has 0 radical (unpaired) electrons. The zero-order valence-electron chi connectivity index (χ0n) is 9.68. The molecule has 86 valence electrons. The lowest BCUT2D eigenvalue weighted by Gasteiger charge is -2.08. The van der Waals surface area contributed by atoms with Crippen molar-refractivity contribution in [3.63, 3.8) is 0 Å². The Morgan fingerprint density at radius 2 is 2.12 bits per heavy atom. The largest absolute Gasteiger partial charge is 0.388 e. The van der Waals surface area contributed by atoms with Crippen LogP contribution in [0.25, 0.3) is 10.9 Å². The van der Waals surface area contributed by atoms with Gasteiger partial charge < -0.3 is 9.67 Å². The third-order valence-electron chi connectivity index (χ3n) is 2.88. The quantitative estimate of drug-likeness (QED) is 0.881. The van der Waals surface area contributed by atoms with Crippen LogP contribution < -0.4 is 0 Å². The van der Waals surface area contributed by atoms with Crippen LogP contribution in [0, 0.1) is 0 Å². The number of thioether (sulfide) groups is 1. The van der Waals surface area contributed by atoms with Gasteiger partial charge in [-0.2, -0.15) is 11.8 Å². The minimum Gasteiger partial charge on any atom is -0.388 e. The van der Waals surface area contributed by atoms with E-state index in [1.54, 1.807) is 11.8 Å². The second-order valence-electron chi connectivity index (χ2n) is 4.01. The third-order valence-corrected chi connectivity index (χ3v) is 3.53. The Morgan fingerprint density at radius 3 is 2.88 bits per heavy atom. The van der Waals surface area contributed by atoms with Crippen molar-refractivity contribution in [3.8, 4) is 0 Å². The van der Waals surface area contributed by atoms with E-state index >= 15 is 0 Å². The molecular weight excluding hydrogens is 218 g/mol. The molecule has 1 N–H and O–H groups in total. The smallest absolute Gasteiger partial charge is 0.0818 e. The highest BCUT2D eigenvalue weighted by Gasteiger charge is 2.13. The van der Waals surface area contributed by atoms with Crippen molar-refractivity contribution in [2.24, 2.45) is 7.05 Å². The molecule has 0 saturated heterocycles. The first-order valence-electron chi connectivity index (χ1n) is 5.45. The number of aliphatic hydroxyl groups excluding tert-OH is 1. The lowest BCUT2D eigenvalue weighted by Crippen LogP contribution is -1.97. The Balaban J connectivity index is 2.37. The number of hydrogen-bond acceptors (Lipinski definition) is 2. The summed E-state index contributed by atoms with van der Waals surface area (Å²) in [5.74, 6) is 0.990. The lowest BCUT2D eigenvalue weighted by atomic mass is 10.1. The summed E-state index contributed by atoms with van der Waals surface area (Å²) in [5.41, 5.74) is 2.23. The topological polar surface area (TPSA) is 25.2 Å². The van der Waals surface area contributed by atoms with Gasteiger partial charge in [0.25, 0.3) is 0 Å². The molecule has 1 heterocycles. The van der Waals surface area contributed by atoms with Crippen molar-refractivity contribution >= 4 is 22.7 Å². The summed E-state index contributed by atoms with van der Waals surface area (Å²) in [6.07, 6.45) is 4.57. The van der Waals surface area contributed by atoms with E-state index < -0.39 is 0 Å². The molecule has 1 aromatic carbocycles. The fourth-order valence-corrected chi connectivity index (χ4v) is 2.48. The molecule has 1 unspecified atom stereocenters. The maximum Gasteiger partial charge on any atom is 0.0818 e. The van der Waals surface area contributed by atoms with Crippen molar-refractivity contribution in [1.29, 1.82) is 0 Å². The first-order chi connectivity index (χ1) is 7.74. The van der Waals surface area contributed by atoms with Crippen molar-refractivity contribution < 1.29 is 5.11 Å². The van der Waals surface area contributed by atoms with Crippen molar-refractivity contribution in [2.75, 3.05) is 12.0 Å². The van der Waals surface area contributed by atoms with E-state index in [4.69, 9.17) is 0 Å². The SMILES string of the molecule is CSCCC(O)c1cn(C)c2ccccc12. The van der Waals surface area contributed by atoms with E-state index in [0.717, 1.165) is 17.7 Å². The van der Waals surface area contributed by atoms with E-state index in [1.165, 1.54) is 10.9 Å². The molecule has 3 heteroatoms. The van der Waals surface area contributed by atoms with Crippen LogP contribution in [0.4, 0.5) is 0 Å². The van der Waals surface area contributed by atoms with Crippen LogP contribution in [0.15, 0.2) is 30.5 Å². The molecule has 0 saturated carbocycles. The summed E-state index contributed by atoms with van der Waals surface area (Å²) in [6.45, 7) is 0. The molecule has 0 aliphatic rings. The number of benzene rings is 1. The number of nitrogens with zero attached hydrogens (tertiary/aromatic N) is 1. The van der Waals surface area contributed by atoms with Gasteiger partial charge in [0, 0.05) is 29.7 Å². The number of aryl methyl sites for hydroxylation is 1. The fraction of sp³-hybridized carbons (Fsp3) is 0.385. The van der Waals surface area contributed by atoms with Crippen LogP contribution >= 0.6 is 11.8 Å². The van der Waals surface area contributed by atoms with E-state index in [2.05, 4.69) is 23.0 Å². The van der Waals surface area contributed by atoms with Gasteiger partial charge >= 0.3 is 0 Å². The van der Waals surface area contributed by atoms with E-state index in [9.17, 15) is 5.11 Å². The van der Waals surface area contributed by atoms with Crippen LogP contribution in [0.2, 0.25) is 0 Å². The predicted molar refractivity (Wildman–Crippen MR) is 70.9 cm³/mol. The summed E-state index contributed by atoms with van der Waals surface area (Å²) in [6, 6.07) is 8.21. The first-order valence-corrected chi connectivity index (χ1v) is 6.84. The molecule has 0 aliphatic carbocycles. The van der Waals surface area contributed by atoms with Gasteiger partial charge in [-0.1, -0.05) is 18.2 Å². The van der Waals surface area contributed by atoms with Crippen molar-refractivity contribution in [3.05, 3.63) is 36.0 Å². The average Bonchev–Trinajstić information content (AvgIpc) is 2.65. The highest BCUT2D eigenvalue weighted by atomic mass is 32.2. The molecule has 0 amide bonds. The highest BCUT2D eigenvalue weighted by molar-refractivity contribution is 7.98. The number of rotatable bonds is 4.